The van der Waals surface area contributed by atoms with Gasteiger partial charge in [0, 0.05) is 9.90 Å². The Morgan fingerprint density at radius 1 is 1.00 bits per heavy atom. The number of carbonyl (C=O) groups is 2. The summed E-state index contributed by atoms with van der Waals surface area (Å²) in [5.41, 5.74) is 2.34. The van der Waals surface area contributed by atoms with Crippen LogP contribution in [0.4, 0.5) is 11.4 Å². The van der Waals surface area contributed by atoms with Crippen LogP contribution in [-0.4, -0.2) is 17.9 Å². The number of rotatable bonds is 3. The van der Waals surface area contributed by atoms with Crippen LogP contribution in [0.1, 0.15) is 16.5 Å². The van der Waals surface area contributed by atoms with Gasteiger partial charge < -0.3 is 0 Å². The number of hydrogen-bond donors (Lipinski definition) is 0. The summed E-state index contributed by atoms with van der Waals surface area (Å²) in [4.78, 5) is 35.0. The van der Waals surface area contributed by atoms with E-state index in [1.54, 1.807) is 40.7 Å². The number of thiophene rings is 1. The molecule has 0 saturated carbocycles. The van der Waals surface area contributed by atoms with E-state index in [-0.39, 0.29) is 17.9 Å². The lowest BCUT2D eigenvalue weighted by molar-refractivity contribution is -0.126. The summed E-state index contributed by atoms with van der Waals surface area (Å²) < 4.78 is 0. The van der Waals surface area contributed by atoms with Crippen LogP contribution in [0, 0.1) is 12.8 Å². The lowest BCUT2D eigenvalue weighted by atomic mass is 9.95. The molecule has 2 amide bonds. The van der Waals surface area contributed by atoms with Crippen molar-refractivity contribution in [2.45, 2.75) is 19.1 Å². The van der Waals surface area contributed by atoms with Crippen LogP contribution in [0.15, 0.2) is 66.0 Å². The molecule has 0 spiro atoms. The SMILES string of the molecule is Cc1ccccc1N1O[C@@H]2C(=O)N(c3cccc(Cl)c3)C(=O)[C@@H]2[C@H]1c1cccs1. The first-order chi connectivity index (χ1) is 14.1. The number of fused-ring (bicyclic) bond motifs is 1. The van der Waals surface area contributed by atoms with E-state index in [1.807, 2.05) is 48.7 Å². The second kappa shape index (κ2) is 6.99. The predicted octanol–water partition coefficient (Wildman–Crippen LogP) is 4.76. The molecule has 0 aliphatic carbocycles. The van der Waals surface area contributed by atoms with Crippen LogP contribution in [0.5, 0.6) is 0 Å². The summed E-state index contributed by atoms with van der Waals surface area (Å²) in [5, 5.41) is 4.17. The minimum Gasteiger partial charge on any atom is -0.273 e. The fourth-order valence-electron chi connectivity index (χ4n) is 4.05. The Kier molecular flexibility index (Phi) is 4.42. The molecule has 0 radical (unpaired) electrons. The van der Waals surface area contributed by atoms with E-state index in [0.717, 1.165) is 16.1 Å². The van der Waals surface area contributed by atoms with E-state index in [4.69, 9.17) is 16.4 Å². The number of imide groups is 1. The van der Waals surface area contributed by atoms with E-state index in [9.17, 15) is 9.59 Å². The maximum Gasteiger partial charge on any atom is 0.266 e. The maximum atomic E-state index is 13.4. The molecule has 0 bridgehead atoms. The van der Waals surface area contributed by atoms with Crippen LogP contribution < -0.4 is 9.96 Å². The van der Waals surface area contributed by atoms with E-state index in [0.29, 0.717) is 10.7 Å². The van der Waals surface area contributed by atoms with Gasteiger partial charge in [0.25, 0.3) is 5.91 Å². The van der Waals surface area contributed by atoms with Crippen molar-refractivity contribution in [3.63, 3.8) is 0 Å². The molecule has 3 heterocycles. The summed E-state index contributed by atoms with van der Waals surface area (Å²) in [7, 11) is 0. The Morgan fingerprint density at radius 2 is 1.83 bits per heavy atom. The van der Waals surface area contributed by atoms with Crippen molar-refractivity contribution in [2.24, 2.45) is 5.92 Å². The second-order valence-electron chi connectivity index (χ2n) is 7.12. The van der Waals surface area contributed by atoms with Gasteiger partial charge >= 0.3 is 0 Å². The maximum absolute atomic E-state index is 13.4. The lowest BCUT2D eigenvalue weighted by Crippen LogP contribution is -2.37. The monoisotopic (exact) mass is 424 g/mol. The zero-order chi connectivity index (χ0) is 20.1. The molecule has 2 aromatic carbocycles. The van der Waals surface area contributed by atoms with Crippen molar-refractivity contribution in [3.05, 3.63) is 81.5 Å². The molecule has 7 heteroatoms. The molecule has 5 rings (SSSR count). The van der Waals surface area contributed by atoms with Gasteiger partial charge in [-0.1, -0.05) is 41.9 Å². The average Bonchev–Trinajstić information content (AvgIpc) is 3.40. The van der Waals surface area contributed by atoms with Gasteiger partial charge in [0.05, 0.1) is 11.4 Å². The molecule has 0 unspecified atom stereocenters. The highest BCUT2D eigenvalue weighted by Crippen LogP contribution is 2.49. The highest BCUT2D eigenvalue weighted by molar-refractivity contribution is 7.10. The van der Waals surface area contributed by atoms with Crippen LogP contribution in [0.2, 0.25) is 5.02 Å². The number of carbonyl (C=O) groups excluding carboxylic acids is 2. The predicted molar refractivity (Wildman–Crippen MR) is 113 cm³/mol. The minimum absolute atomic E-state index is 0.267. The molecular formula is C22H17ClN2O3S. The normalized spacial score (nSPS) is 23.7. The Morgan fingerprint density at radius 3 is 2.55 bits per heavy atom. The van der Waals surface area contributed by atoms with Gasteiger partial charge in [-0.25, -0.2) is 9.96 Å². The summed E-state index contributed by atoms with van der Waals surface area (Å²) >= 11 is 7.63. The zero-order valence-electron chi connectivity index (χ0n) is 15.5. The number of hydroxylamine groups is 1. The molecular weight excluding hydrogens is 408 g/mol. The summed E-state index contributed by atoms with van der Waals surface area (Å²) in [6.07, 6.45) is -0.867. The van der Waals surface area contributed by atoms with Crippen molar-refractivity contribution in [2.75, 3.05) is 9.96 Å². The van der Waals surface area contributed by atoms with E-state index >= 15 is 0 Å². The number of para-hydroxylation sites is 1. The smallest absolute Gasteiger partial charge is 0.266 e. The first kappa shape index (κ1) is 18.4. The van der Waals surface area contributed by atoms with Gasteiger partial charge in [-0.15, -0.1) is 11.3 Å². The molecule has 146 valence electrons. The highest BCUT2D eigenvalue weighted by atomic mass is 35.5. The van der Waals surface area contributed by atoms with Gasteiger partial charge in [-0.2, -0.15) is 0 Å². The topological polar surface area (TPSA) is 49.9 Å². The highest BCUT2D eigenvalue weighted by Gasteiger charge is 2.60. The first-order valence-electron chi connectivity index (χ1n) is 9.24. The molecule has 29 heavy (non-hydrogen) atoms. The molecule has 2 fully saturated rings. The molecule has 5 nitrogen and oxygen atoms in total. The number of nitrogens with zero attached hydrogens (tertiary/aromatic N) is 2. The molecule has 3 atom stereocenters. The number of aryl methyl sites for hydroxylation is 1. The Hall–Kier alpha value is -2.67. The number of benzene rings is 2. The van der Waals surface area contributed by atoms with Crippen LogP contribution in [0.25, 0.3) is 0 Å². The fourth-order valence-corrected chi connectivity index (χ4v) is 5.09. The lowest BCUT2D eigenvalue weighted by Gasteiger charge is -2.28. The third-order valence-electron chi connectivity index (χ3n) is 5.37. The molecule has 3 aromatic rings. The number of amides is 2. The molecule has 1 aromatic heterocycles. The average molecular weight is 425 g/mol. The Balaban J connectivity index is 1.59. The number of anilines is 2. The van der Waals surface area contributed by atoms with Gasteiger partial charge in [0.2, 0.25) is 5.91 Å². The standard InChI is InChI=1S/C22H17ClN2O3S/c1-13-6-2-3-9-16(13)25-19(17-10-5-11-29-17)18-20(28-25)22(27)24(21(18)26)15-8-4-7-14(23)12-15/h2-12,18-20H,1H3/t18-,19-,20+/m1/s1. The quantitative estimate of drug-likeness (QED) is 0.569. The largest absolute Gasteiger partial charge is 0.273 e. The number of hydrogen-bond acceptors (Lipinski definition) is 5. The van der Waals surface area contributed by atoms with Crippen molar-refractivity contribution in [3.8, 4) is 0 Å². The Labute approximate surface area is 177 Å². The number of halogens is 1. The van der Waals surface area contributed by atoms with Gasteiger partial charge in [-0.3, -0.25) is 14.4 Å². The van der Waals surface area contributed by atoms with Crippen LogP contribution >= 0.6 is 22.9 Å². The molecule has 2 saturated heterocycles. The third kappa shape index (κ3) is 2.87. The van der Waals surface area contributed by atoms with Crippen LogP contribution in [0.3, 0.4) is 0 Å². The van der Waals surface area contributed by atoms with E-state index in [1.165, 1.54) is 4.90 Å². The zero-order valence-corrected chi connectivity index (χ0v) is 17.1. The summed E-state index contributed by atoms with van der Waals surface area (Å²) in [5.74, 6) is -1.25. The van der Waals surface area contributed by atoms with Crippen molar-refractivity contribution >= 4 is 46.1 Å². The van der Waals surface area contributed by atoms with Crippen molar-refractivity contribution < 1.29 is 14.4 Å². The van der Waals surface area contributed by atoms with Gasteiger partial charge in [0.15, 0.2) is 6.10 Å². The molecule has 2 aliphatic rings. The summed E-state index contributed by atoms with van der Waals surface area (Å²) in [6.45, 7) is 1.99. The molecule has 0 N–H and O–H groups in total. The van der Waals surface area contributed by atoms with Crippen molar-refractivity contribution in [1.82, 2.24) is 0 Å². The van der Waals surface area contributed by atoms with E-state index < -0.39 is 12.0 Å². The Bertz CT molecular complexity index is 1100. The summed E-state index contributed by atoms with van der Waals surface area (Å²) in [6, 6.07) is 18.1. The van der Waals surface area contributed by atoms with Gasteiger partial charge in [-0.05, 0) is 48.2 Å². The molecule has 2 aliphatic heterocycles. The first-order valence-corrected chi connectivity index (χ1v) is 10.5. The van der Waals surface area contributed by atoms with E-state index in [2.05, 4.69) is 0 Å². The minimum atomic E-state index is -0.867. The second-order valence-corrected chi connectivity index (χ2v) is 8.53. The van der Waals surface area contributed by atoms with Crippen LogP contribution in [-0.2, 0) is 14.4 Å². The fraction of sp³-hybridized carbons (Fsp3) is 0.182. The third-order valence-corrected chi connectivity index (χ3v) is 6.55. The van der Waals surface area contributed by atoms with Crippen molar-refractivity contribution in [1.29, 1.82) is 0 Å². The van der Waals surface area contributed by atoms with Gasteiger partial charge in [0.1, 0.15) is 12.0 Å².